The molecule has 0 saturated carbocycles. The third-order valence-corrected chi connectivity index (χ3v) is 17.8. The zero-order chi connectivity index (χ0) is 45.6. The molecule has 2 aliphatic rings. The first kappa shape index (κ1) is 41.7. The number of para-hydroxylation sites is 3. The van der Waals surface area contributed by atoms with Crippen molar-refractivity contribution in [3.63, 3.8) is 0 Å². The first-order valence-corrected chi connectivity index (χ1v) is 28.4. The molecule has 0 radical (unpaired) electrons. The summed E-state index contributed by atoms with van der Waals surface area (Å²) in [4.78, 5) is 4.86. The lowest BCUT2D eigenvalue weighted by Crippen LogP contribution is -2.54. The fraction of sp³-hybridized carbons (Fsp3) is 0.197. The van der Waals surface area contributed by atoms with Gasteiger partial charge in [0.1, 0.15) is 11.4 Å². The number of imidazole rings is 1. The van der Waals surface area contributed by atoms with E-state index in [1.54, 1.807) is 5.19 Å². The van der Waals surface area contributed by atoms with Crippen molar-refractivity contribution in [3.8, 4) is 50.6 Å². The number of benzene rings is 6. The standard InChI is InChI=1S/C61H56N4SSi/c1-39(2)33-45-35-56-48-31-32-62-37-51(48)47-28-25-43-26-30-50-49-29-27-44(41-17-9-7-10-18-41)36-57(49)66-60(50)59(43)61-64(40(3)34-55(47)63(56)38-58(45)67(4,5)6)53-23-15-16-24-54(53)65(61)52-22-14-13-21-46(52)42-19-11-8-12-20-42/h7-24,26-27,29-32,35-39,47,55H,3,25,28,33-34H2,1-2,4-6H3/q+2. The van der Waals surface area contributed by atoms with E-state index in [-0.39, 0.29) is 12.0 Å². The molecule has 10 aromatic rings. The van der Waals surface area contributed by atoms with Crippen LogP contribution in [0.15, 0.2) is 177 Å². The fourth-order valence-electron chi connectivity index (χ4n) is 11.6. The lowest BCUT2D eigenvalue weighted by atomic mass is 9.78. The minimum Gasteiger partial charge on any atom is -0.264 e. The van der Waals surface area contributed by atoms with E-state index in [1.807, 2.05) is 17.5 Å². The molecule has 0 fully saturated rings. The van der Waals surface area contributed by atoms with Gasteiger partial charge in [-0.2, -0.15) is 13.7 Å². The van der Waals surface area contributed by atoms with Gasteiger partial charge in [-0.15, -0.1) is 11.3 Å². The topological polar surface area (TPSA) is 25.6 Å². The number of rotatable bonds is 6. The van der Waals surface area contributed by atoms with Gasteiger partial charge in [-0.25, -0.2) is 0 Å². The van der Waals surface area contributed by atoms with Gasteiger partial charge in [0.15, 0.2) is 23.3 Å². The lowest BCUT2D eigenvalue weighted by molar-refractivity contribution is -0.719. The van der Waals surface area contributed by atoms with Crippen molar-refractivity contribution in [2.24, 2.45) is 5.92 Å². The first-order valence-electron chi connectivity index (χ1n) is 24.1. The van der Waals surface area contributed by atoms with Crippen molar-refractivity contribution < 1.29 is 9.13 Å². The van der Waals surface area contributed by atoms with E-state index in [1.165, 1.54) is 87.3 Å². The number of pyridine rings is 2. The minimum atomic E-state index is -1.75. The number of thiophene rings is 1. The molecule has 6 heteroatoms. The average molecular weight is 905 g/mol. The second-order valence-electron chi connectivity index (χ2n) is 20.3. The van der Waals surface area contributed by atoms with Gasteiger partial charge in [-0.1, -0.05) is 155 Å². The van der Waals surface area contributed by atoms with Gasteiger partial charge in [0, 0.05) is 50.6 Å². The summed E-state index contributed by atoms with van der Waals surface area (Å²) in [6.45, 7) is 17.5. The average Bonchev–Trinajstić information content (AvgIpc) is 3.89. The molecule has 4 aromatic heterocycles. The highest BCUT2D eigenvalue weighted by atomic mass is 32.1. The Morgan fingerprint density at radius 1 is 0.761 bits per heavy atom. The summed E-state index contributed by atoms with van der Waals surface area (Å²) in [6.07, 6.45) is 10.6. The maximum absolute atomic E-state index is 5.19. The van der Waals surface area contributed by atoms with Crippen LogP contribution in [0.2, 0.25) is 19.6 Å². The highest BCUT2D eigenvalue weighted by Crippen LogP contribution is 2.49. The van der Waals surface area contributed by atoms with Gasteiger partial charge in [0.25, 0.3) is 0 Å². The van der Waals surface area contributed by atoms with Gasteiger partial charge in [-0.05, 0) is 88.9 Å². The molecule has 0 spiro atoms. The molecule has 0 amide bonds. The number of hydrogen-bond acceptors (Lipinski definition) is 2. The predicted octanol–water partition coefficient (Wildman–Crippen LogP) is 14.5. The summed E-state index contributed by atoms with van der Waals surface area (Å²) in [5.74, 6) is 1.97. The molecule has 0 N–H and O–H groups in total. The van der Waals surface area contributed by atoms with Crippen molar-refractivity contribution in [1.29, 1.82) is 0 Å². The van der Waals surface area contributed by atoms with Crippen molar-refractivity contribution >= 4 is 61.5 Å². The minimum absolute atomic E-state index is 0.146. The largest absolute Gasteiger partial charge is 0.301 e. The molecule has 2 aliphatic heterocycles. The van der Waals surface area contributed by atoms with Gasteiger partial charge >= 0.3 is 5.82 Å². The number of aromatic nitrogens is 4. The highest BCUT2D eigenvalue weighted by molar-refractivity contribution is 7.26. The third kappa shape index (κ3) is 6.95. The molecule has 0 saturated heterocycles. The monoisotopic (exact) mass is 904 g/mol. The van der Waals surface area contributed by atoms with Gasteiger partial charge in [-0.3, -0.25) is 4.98 Å². The number of aryl methyl sites for hydroxylation is 1. The smallest absolute Gasteiger partial charge is 0.264 e. The van der Waals surface area contributed by atoms with Crippen molar-refractivity contribution in [2.45, 2.75) is 71.1 Å². The summed E-state index contributed by atoms with van der Waals surface area (Å²) in [5.41, 5.74) is 17.6. The van der Waals surface area contributed by atoms with Crippen LogP contribution in [-0.2, 0) is 12.8 Å². The Balaban J connectivity index is 1.16. The molecular weight excluding hydrogens is 849 g/mol. The third-order valence-electron chi connectivity index (χ3n) is 14.5. The lowest BCUT2D eigenvalue weighted by Gasteiger charge is -2.33. The molecular formula is C61H56N4SSi+2. The van der Waals surface area contributed by atoms with E-state index in [4.69, 9.17) is 11.6 Å². The Bertz CT molecular complexity index is 3580. The van der Waals surface area contributed by atoms with E-state index in [9.17, 15) is 0 Å². The second-order valence-corrected chi connectivity index (χ2v) is 26.4. The molecule has 6 heterocycles. The normalized spacial score (nSPS) is 15.9. The zero-order valence-corrected chi connectivity index (χ0v) is 40.9. The number of hydrogen-bond donors (Lipinski definition) is 0. The SMILES string of the molecule is C=C1CC2C(CCc3ccc4c(sc5cc(-c6ccccc6)ccc54)c3-c3n(-c4ccccc4-c4ccccc4)c4ccccc4[n+]31)c1cnccc1-c1cc(CC(C)C)c([Si](C)(C)C)c[n+]12. The first-order chi connectivity index (χ1) is 32.6. The van der Waals surface area contributed by atoms with E-state index < -0.39 is 8.07 Å². The van der Waals surface area contributed by atoms with Crippen LogP contribution in [0.1, 0.15) is 55.3 Å². The molecule has 12 rings (SSSR count). The van der Waals surface area contributed by atoms with Gasteiger partial charge in [0.05, 0.1) is 30.3 Å². The van der Waals surface area contributed by atoms with E-state index >= 15 is 0 Å². The molecule has 67 heavy (non-hydrogen) atoms. The van der Waals surface area contributed by atoms with E-state index in [2.05, 4.69) is 211 Å². The van der Waals surface area contributed by atoms with Crippen LogP contribution in [0.5, 0.6) is 0 Å². The highest BCUT2D eigenvalue weighted by Gasteiger charge is 2.45. The van der Waals surface area contributed by atoms with E-state index in [0.29, 0.717) is 5.92 Å². The second kappa shape index (κ2) is 16.3. The predicted molar refractivity (Wildman–Crippen MR) is 284 cm³/mol. The molecule has 328 valence electrons. The Hall–Kier alpha value is -6.73. The summed E-state index contributed by atoms with van der Waals surface area (Å²) in [7, 11) is -1.75. The van der Waals surface area contributed by atoms with E-state index in [0.717, 1.165) is 42.6 Å². The Kier molecular flexibility index (Phi) is 10.1. The van der Waals surface area contributed by atoms with Crippen LogP contribution in [0.25, 0.3) is 87.5 Å². The van der Waals surface area contributed by atoms with Crippen LogP contribution in [-0.4, -0.2) is 17.6 Å². The zero-order valence-electron chi connectivity index (χ0n) is 39.1. The van der Waals surface area contributed by atoms with Gasteiger partial charge < -0.3 is 0 Å². The molecule has 4 nitrogen and oxygen atoms in total. The van der Waals surface area contributed by atoms with Crippen molar-refractivity contribution in [3.05, 3.63) is 194 Å². The number of nitrogens with zero attached hydrogens (tertiary/aromatic N) is 4. The van der Waals surface area contributed by atoms with Crippen molar-refractivity contribution in [1.82, 2.24) is 9.55 Å². The van der Waals surface area contributed by atoms with Crippen LogP contribution in [0.3, 0.4) is 0 Å². The van der Waals surface area contributed by atoms with Crippen LogP contribution in [0, 0.1) is 5.92 Å². The Morgan fingerprint density at radius 2 is 1.49 bits per heavy atom. The fourth-order valence-corrected chi connectivity index (χ4v) is 14.6. The van der Waals surface area contributed by atoms with Crippen LogP contribution < -0.4 is 14.3 Å². The van der Waals surface area contributed by atoms with Crippen LogP contribution >= 0.6 is 11.3 Å². The Morgan fingerprint density at radius 3 is 2.28 bits per heavy atom. The molecule has 0 aliphatic carbocycles. The summed E-state index contributed by atoms with van der Waals surface area (Å²) in [6, 6.07) is 56.6. The number of allylic oxidation sites excluding steroid dienone is 1. The summed E-state index contributed by atoms with van der Waals surface area (Å²) < 4.78 is 10.4. The van der Waals surface area contributed by atoms with Crippen molar-refractivity contribution in [2.75, 3.05) is 0 Å². The molecule has 2 atom stereocenters. The molecule has 2 unspecified atom stereocenters. The van der Waals surface area contributed by atoms with Crippen LogP contribution in [0.4, 0.5) is 0 Å². The Labute approximate surface area is 399 Å². The summed E-state index contributed by atoms with van der Waals surface area (Å²) >= 11 is 1.94. The maximum Gasteiger partial charge on any atom is 0.301 e. The quantitative estimate of drug-likeness (QED) is 0.121. The maximum atomic E-state index is 5.19. The summed E-state index contributed by atoms with van der Waals surface area (Å²) in [5, 5.41) is 4.17. The molecule has 0 bridgehead atoms. The number of fused-ring (bicyclic) bond motifs is 15. The van der Waals surface area contributed by atoms with Gasteiger partial charge in [0.2, 0.25) is 5.69 Å². The molecule has 6 aromatic carbocycles.